The van der Waals surface area contributed by atoms with Crippen LogP contribution in [0.3, 0.4) is 0 Å². The van der Waals surface area contributed by atoms with Crippen molar-refractivity contribution in [3.8, 4) is 0 Å². The van der Waals surface area contributed by atoms with Gasteiger partial charge in [-0.25, -0.2) is 0 Å². The number of amides is 4. The standard InChI is InChI=1S/C18H18N4O6/c23-15(19-5-7-20(8-6-19)16(24)11-1-2-11)10-21-17(25)13-4-3-12(22(27)28)9-14(13)18(21)26/h3-4,9,11H,1-2,5-8,10H2. The number of hydrogen-bond donors (Lipinski definition) is 0. The van der Waals surface area contributed by atoms with Gasteiger partial charge in [0.15, 0.2) is 0 Å². The first-order valence-corrected chi connectivity index (χ1v) is 9.08. The number of nitrogens with zero attached hydrogens (tertiary/aromatic N) is 4. The fourth-order valence-corrected chi connectivity index (χ4v) is 3.54. The summed E-state index contributed by atoms with van der Waals surface area (Å²) in [6.45, 7) is 1.17. The van der Waals surface area contributed by atoms with Gasteiger partial charge in [-0.3, -0.25) is 34.2 Å². The first kappa shape index (κ1) is 18.1. The fraction of sp³-hybridized carbons (Fsp3) is 0.444. The Kier molecular flexibility index (Phi) is 4.33. The summed E-state index contributed by atoms with van der Waals surface area (Å²) in [5.41, 5.74) is -0.292. The second-order valence-electron chi connectivity index (χ2n) is 7.16. The summed E-state index contributed by atoms with van der Waals surface area (Å²) in [6.07, 6.45) is 1.85. The van der Waals surface area contributed by atoms with E-state index < -0.39 is 23.3 Å². The van der Waals surface area contributed by atoms with Crippen LogP contribution in [-0.2, 0) is 9.59 Å². The molecule has 10 nitrogen and oxygen atoms in total. The number of piperazine rings is 1. The Labute approximate surface area is 159 Å². The van der Waals surface area contributed by atoms with Gasteiger partial charge < -0.3 is 9.80 Å². The number of non-ortho nitro benzene ring substituents is 1. The van der Waals surface area contributed by atoms with Gasteiger partial charge in [0.25, 0.3) is 17.5 Å². The van der Waals surface area contributed by atoms with E-state index in [9.17, 15) is 29.3 Å². The molecule has 2 aliphatic heterocycles. The quantitative estimate of drug-likeness (QED) is 0.416. The van der Waals surface area contributed by atoms with Gasteiger partial charge in [-0.1, -0.05) is 0 Å². The van der Waals surface area contributed by atoms with Crippen LogP contribution >= 0.6 is 0 Å². The largest absolute Gasteiger partial charge is 0.339 e. The van der Waals surface area contributed by atoms with Crippen molar-refractivity contribution < 1.29 is 24.1 Å². The molecule has 2 fully saturated rings. The topological polar surface area (TPSA) is 121 Å². The predicted molar refractivity (Wildman–Crippen MR) is 94.3 cm³/mol. The molecule has 1 aliphatic carbocycles. The highest BCUT2D eigenvalue weighted by Gasteiger charge is 2.39. The minimum absolute atomic E-state index is 0.0586. The maximum atomic E-state index is 12.6. The SMILES string of the molecule is O=C(CN1C(=O)c2ccc([N+](=O)[O-])cc2C1=O)N1CCN(C(=O)C2CC2)CC1. The van der Waals surface area contributed by atoms with Crippen LogP contribution in [-0.4, -0.2) is 76.0 Å². The third kappa shape index (κ3) is 3.10. The number of carbonyl (C=O) groups is 4. The Balaban J connectivity index is 1.39. The molecular weight excluding hydrogens is 368 g/mol. The number of fused-ring (bicyclic) bond motifs is 1. The van der Waals surface area contributed by atoms with Crippen LogP contribution in [0, 0.1) is 16.0 Å². The summed E-state index contributed by atoms with van der Waals surface area (Å²) in [6, 6.07) is 3.45. The average Bonchev–Trinajstić information content (AvgIpc) is 3.52. The van der Waals surface area contributed by atoms with Crippen molar-refractivity contribution in [1.29, 1.82) is 0 Å². The van der Waals surface area contributed by atoms with Crippen LogP contribution in [0.4, 0.5) is 5.69 Å². The summed E-state index contributed by atoms with van der Waals surface area (Å²) in [4.78, 5) is 63.9. The zero-order valence-corrected chi connectivity index (χ0v) is 15.0. The van der Waals surface area contributed by atoms with Crippen LogP contribution in [0.5, 0.6) is 0 Å². The van der Waals surface area contributed by atoms with Crippen molar-refractivity contribution >= 4 is 29.3 Å². The lowest BCUT2D eigenvalue weighted by atomic mass is 10.1. The molecule has 0 unspecified atom stereocenters. The van der Waals surface area contributed by atoms with Gasteiger partial charge in [0.1, 0.15) is 6.54 Å². The summed E-state index contributed by atoms with van der Waals surface area (Å²) < 4.78 is 0. The van der Waals surface area contributed by atoms with Crippen molar-refractivity contribution in [2.75, 3.05) is 32.7 Å². The first-order valence-electron chi connectivity index (χ1n) is 9.08. The average molecular weight is 386 g/mol. The highest BCUT2D eigenvalue weighted by atomic mass is 16.6. The molecule has 0 aromatic heterocycles. The second kappa shape index (κ2) is 6.70. The molecule has 0 atom stereocenters. The van der Waals surface area contributed by atoms with Gasteiger partial charge >= 0.3 is 0 Å². The number of carbonyl (C=O) groups excluding carboxylic acids is 4. The number of imide groups is 1. The van der Waals surface area contributed by atoms with Gasteiger partial charge in [0.05, 0.1) is 16.1 Å². The lowest BCUT2D eigenvalue weighted by molar-refractivity contribution is -0.384. The number of rotatable bonds is 4. The number of hydrogen-bond acceptors (Lipinski definition) is 6. The van der Waals surface area contributed by atoms with E-state index in [-0.39, 0.29) is 34.5 Å². The van der Waals surface area contributed by atoms with Crippen molar-refractivity contribution in [1.82, 2.24) is 14.7 Å². The normalized spacial score (nSPS) is 19.1. The monoisotopic (exact) mass is 386 g/mol. The summed E-state index contributed by atoms with van der Waals surface area (Å²) >= 11 is 0. The molecule has 28 heavy (non-hydrogen) atoms. The maximum absolute atomic E-state index is 12.6. The van der Waals surface area contributed by atoms with E-state index in [1.165, 1.54) is 11.0 Å². The van der Waals surface area contributed by atoms with E-state index in [1.807, 2.05) is 0 Å². The summed E-state index contributed by atoms with van der Waals surface area (Å²) in [7, 11) is 0. The lowest BCUT2D eigenvalue weighted by Crippen LogP contribution is -2.53. The number of nitro benzene ring substituents is 1. The molecule has 0 N–H and O–H groups in total. The van der Waals surface area contributed by atoms with E-state index in [2.05, 4.69) is 0 Å². The van der Waals surface area contributed by atoms with Crippen LogP contribution in [0.1, 0.15) is 33.6 Å². The molecule has 1 aromatic carbocycles. The molecule has 2 heterocycles. The van der Waals surface area contributed by atoms with Gasteiger partial charge in [0, 0.05) is 44.2 Å². The molecular formula is C18H18N4O6. The van der Waals surface area contributed by atoms with E-state index in [0.717, 1.165) is 29.9 Å². The Morgan fingerprint density at radius 2 is 1.61 bits per heavy atom. The minimum atomic E-state index is -0.709. The smallest absolute Gasteiger partial charge is 0.270 e. The summed E-state index contributed by atoms with van der Waals surface area (Å²) in [5, 5.41) is 10.9. The molecule has 1 aromatic rings. The van der Waals surface area contributed by atoms with E-state index in [4.69, 9.17) is 0 Å². The van der Waals surface area contributed by atoms with Gasteiger partial charge in [0.2, 0.25) is 11.8 Å². The van der Waals surface area contributed by atoms with Gasteiger partial charge in [-0.05, 0) is 18.9 Å². The minimum Gasteiger partial charge on any atom is -0.339 e. The Bertz CT molecular complexity index is 901. The van der Waals surface area contributed by atoms with Crippen molar-refractivity contribution in [3.05, 3.63) is 39.4 Å². The highest BCUT2D eigenvalue weighted by Crippen LogP contribution is 2.31. The molecule has 3 aliphatic rings. The molecule has 0 bridgehead atoms. The third-order valence-electron chi connectivity index (χ3n) is 5.33. The van der Waals surface area contributed by atoms with E-state index >= 15 is 0 Å². The van der Waals surface area contributed by atoms with Gasteiger partial charge in [-0.2, -0.15) is 0 Å². The van der Waals surface area contributed by atoms with Crippen LogP contribution in [0.25, 0.3) is 0 Å². The van der Waals surface area contributed by atoms with Crippen molar-refractivity contribution in [2.45, 2.75) is 12.8 Å². The number of benzene rings is 1. The zero-order valence-electron chi connectivity index (χ0n) is 15.0. The predicted octanol–water partition coefficient (Wildman–Crippen LogP) is 0.272. The second-order valence-corrected chi connectivity index (χ2v) is 7.16. The fourth-order valence-electron chi connectivity index (χ4n) is 3.54. The Morgan fingerprint density at radius 3 is 2.21 bits per heavy atom. The molecule has 1 saturated carbocycles. The lowest BCUT2D eigenvalue weighted by Gasteiger charge is -2.35. The maximum Gasteiger partial charge on any atom is 0.270 e. The summed E-state index contributed by atoms with van der Waals surface area (Å²) in [5.74, 6) is -1.47. The molecule has 0 radical (unpaired) electrons. The molecule has 10 heteroatoms. The van der Waals surface area contributed by atoms with Crippen LogP contribution in [0.15, 0.2) is 18.2 Å². The van der Waals surface area contributed by atoms with E-state index in [0.29, 0.717) is 26.2 Å². The molecule has 146 valence electrons. The van der Waals surface area contributed by atoms with Gasteiger partial charge in [-0.15, -0.1) is 0 Å². The number of nitro groups is 1. The van der Waals surface area contributed by atoms with E-state index in [1.54, 1.807) is 4.90 Å². The molecule has 4 amide bonds. The molecule has 1 saturated heterocycles. The molecule has 0 spiro atoms. The first-order chi connectivity index (χ1) is 13.4. The Hall–Kier alpha value is -3.30. The molecule has 4 rings (SSSR count). The Morgan fingerprint density at radius 1 is 1.00 bits per heavy atom. The van der Waals surface area contributed by atoms with Crippen LogP contribution < -0.4 is 0 Å². The van der Waals surface area contributed by atoms with Crippen molar-refractivity contribution in [2.24, 2.45) is 5.92 Å². The van der Waals surface area contributed by atoms with Crippen LogP contribution in [0.2, 0.25) is 0 Å². The van der Waals surface area contributed by atoms with Crippen molar-refractivity contribution in [3.63, 3.8) is 0 Å². The zero-order chi connectivity index (χ0) is 20.0. The third-order valence-corrected chi connectivity index (χ3v) is 5.33. The highest BCUT2D eigenvalue weighted by molar-refractivity contribution is 6.22.